The highest BCUT2D eigenvalue weighted by Gasteiger charge is 2.10. The molecule has 2 aromatic rings. The lowest BCUT2D eigenvalue weighted by molar-refractivity contribution is 0.928. The number of H-pyrrole nitrogens is 1. The molecule has 2 rings (SSSR count). The number of aromatic nitrogens is 3. The molecule has 4 heteroatoms. The van der Waals surface area contributed by atoms with E-state index < -0.39 is 0 Å². The molecule has 0 saturated carbocycles. The fraction of sp³-hybridized carbons (Fsp3) is 0.200. The molecule has 0 saturated heterocycles. The van der Waals surface area contributed by atoms with Crippen LogP contribution in [-0.4, -0.2) is 29.5 Å². The van der Waals surface area contributed by atoms with Crippen LogP contribution in [0.25, 0.3) is 11.3 Å². The van der Waals surface area contributed by atoms with Crippen molar-refractivity contribution >= 4 is 5.82 Å². The predicted octanol–water partition coefficient (Wildman–Crippen LogP) is 1.54. The number of hydrogen-bond acceptors (Lipinski definition) is 3. The average Bonchev–Trinajstić information content (AvgIpc) is 2.67. The van der Waals surface area contributed by atoms with E-state index in [0.29, 0.717) is 0 Å². The molecule has 0 aliphatic carbocycles. The second kappa shape index (κ2) is 3.49. The summed E-state index contributed by atoms with van der Waals surface area (Å²) < 4.78 is 0. The van der Waals surface area contributed by atoms with E-state index in [2.05, 4.69) is 15.4 Å². The van der Waals surface area contributed by atoms with Crippen molar-refractivity contribution in [2.45, 2.75) is 0 Å². The fourth-order valence-electron chi connectivity index (χ4n) is 1.33. The number of rotatable bonds is 2. The fourth-order valence-corrected chi connectivity index (χ4v) is 1.33. The van der Waals surface area contributed by atoms with E-state index in [0.717, 1.165) is 17.1 Å². The van der Waals surface area contributed by atoms with Crippen LogP contribution in [0, 0.1) is 0 Å². The van der Waals surface area contributed by atoms with Crippen molar-refractivity contribution in [3.8, 4) is 11.3 Å². The van der Waals surface area contributed by atoms with Gasteiger partial charge in [0.05, 0.1) is 0 Å². The molecule has 0 atom stereocenters. The molecular formula is C10H12N4. The maximum absolute atomic E-state index is 4.13. The highest BCUT2D eigenvalue weighted by atomic mass is 15.4. The largest absolute Gasteiger partial charge is 0.359 e. The van der Waals surface area contributed by atoms with Gasteiger partial charge in [-0.25, -0.2) is 0 Å². The van der Waals surface area contributed by atoms with Gasteiger partial charge in [-0.1, -0.05) is 30.3 Å². The highest BCUT2D eigenvalue weighted by molar-refractivity contribution is 5.71. The smallest absolute Gasteiger partial charge is 0.178 e. The van der Waals surface area contributed by atoms with Gasteiger partial charge in [0, 0.05) is 19.7 Å². The Morgan fingerprint density at radius 2 is 1.79 bits per heavy atom. The predicted molar refractivity (Wildman–Crippen MR) is 56.1 cm³/mol. The van der Waals surface area contributed by atoms with Crippen molar-refractivity contribution in [3.63, 3.8) is 0 Å². The van der Waals surface area contributed by atoms with Crippen molar-refractivity contribution < 1.29 is 0 Å². The molecule has 1 heterocycles. The normalized spacial score (nSPS) is 10.1. The Bertz CT molecular complexity index is 405. The second-order valence-corrected chi connectivity index (χ2v) is 3.26. The highest BCUT2D eigenvalue weighted by Crippen LogP contribution is 2.24. The van der Waals surface area contributed by atoms with E-state index in [-0.39, 0.29) is 0 Å². The van der Waals surface area contributed by atoms with E-state index >= 15 is 0 Å². The van der Waals surface area contributed by atoms with Gasteiger partial charge >= 0.3 is 0 Å². The summed E-state index contributed by atoms with van der Waals surface area (Å²) in [5, 5.41) is 10.8. The van der Waals surface area contributed by atoms with Crippen LogP contribution in [0.3, 0.4) is 0 Å². The molecule has 0 unspecified atom stereocenters. The summed E-state index contributed by atoms with van der Waals surface area (Å²) in [5.41, 5.74) is 1.96. The van der Waals surface area contributed by atoms with Gasteiger partial charge in [0.15, 0.2) is 5.82 Å². The van der Waals surface area contributed by atoms with Gasteiger partial charge in [0.25, 0.3) is 0 Å². The first-order chi connectivity index (χ1) is 6.79. The summed E-state index contributed by atoms with van der Waals surface area (Å²) in [5.74, 6) is 0.858. The monoisotopic (exact) mass is 188 g/mol. The van der Waals surface area contributed by atoms with Crippen molar-refractivity contribution in [3.05, 3.63) is 30.3 Å². The molecule has 4 nitrogen and oxygen atoms in total. The van der Waals surface area contributed by atoms with Gasteiger partial charge in [-0.15, -0.1) is 5.10 Å². The van der Waals surface area contributed by atoms with Gasteiger partial charge in [0.1, 0.15) is 5.69 Å². The first-order valence-electron chi connectivity index (χ1n) is 4.42. The minimum absolute atomic E-state index is 0.858. The minimum Gasteiger partial charge on any atom is -0.359 e. The van der Waals surface area contributed by atoms with Crippen LogP contribution in [0.15, 0.2) is 30.3 Å². The third kappa shape index (κ3) is 1.46. The first kappa shape index (κ1) is 8.74. The molecule has 0 bridgehead atoms. The molecule has 0 aliphatic heterocycles. The van der Waals surface area contributed by atoms with E-state index in [1.54, 1.807) is 0 Å². The molecule has 14 heavy (non-hydrogen) atoms. The first-order valence-corrected chi connectivity index (χ1v) is 4.42. The molecule has 72 valence electrons. The van der Waals surface area contributed by atoms with Crippen LogP contribution in [0.4, 0.5) is 5.82 Å². The third-order valence-electron chi connectivity index (χ3n) is 2.00. The minimum atomic E-state index is 0.858. The van der Waals surface area contributed by atoms with Gasteiger partial charge < -0.3 is 4.90 Å². The lowest BCUT2D eigenvalue weighted by atomic mass is 10.1. The van der Waals surface area contributed by atoms with Crippen molar-refractivity contribution in [2.75, 3.05) is 19.0 Å². The SMILES string of the molecule is CN(C)c1n[nH]nc1-c1ccccc1. The maximum atomic E-state index is 4.13. The van der Waals surface area contributed by atoms with Gasteiger partial charge in [-0.2, -0.15) is 10.3 Å². The molecule has 0 amide bonds. The van der Waals surface area contributed by atoms with Crippen LogP contribution >= 0.6 is 0 Å². The van der Waals surface area contributed by atoms with E-state index in [4.69, 9.17) is 0 Å². The van der Waals surface area contributed by atoms with Crippen LogP contribution in [0.1, 0.15) is 0 Å². The molecule has 0 spiro atoms. The van der Waals surface area contributed by atoms with Crippen LogP contribution in [0.2, 0.25) is 0 Å². The lowest BCUT2D eigenvalue weighted by Gasteiger charge is -2.09. The summed E-state index contributed by atoms with van der Waals surface area (Å²) in [6, 6.07) is 10.0. The number of nitrogens with zero attached hydrogens (tertiary/aromatic N) is 3. The number of aromatic amines is 1. The quantitative estimate of drug-likeness (QED) is 0.777. The number of nitrogens with one attached hydrogen (secondary N) is 1. The number of anilines is 1. The molecule has 0 fully saturated rings. The van der Waals surface area contributed by atoms with Crippen molar-refractivity contribution in [2.24, 2.45) is 0 Å². The number of benzene rings is 1. The molecule has 1 aromatic carbocycles. The molecule has 1 N–H and O–H groups in total. The Morgan fingerprint density at radius 1 is 1.07 bits per heavy atom. The Kier molecular flexibility index (Phi) is 2.18. The van der Waals surface area contributed by atoms with Crippen molar-refractivity contribution in [1.82, 2.24) is 15.4 Å². The average molecular weight is 188 g/mol. The van der Waals surface area contributed by atoms with E-state index in [9.17, 15) is 0 Å². The van der Waals surface area contributed by atoms with E-state index in [1.165, 1.54) is 0 Å². The zero-order valence-electron chi connectivity index (χ0n) is 8.23. The topological polar surface area (TPSA) is 44.8 Å². The molecule has 0 radical (unpaired) electrons. The summed E-state index contributed by atoms with van der Waals surface area (Å²) in [7, 11) is 3.90. The van der Waals surface area contributed by atoms with Gasteiger partial charge in [0.2, 0.25) is 0 Å². The summed E-state index contributed by atoms with van der Waals surface area (Å²) in [4.78, 5) is 1.94. The number of hydrogen-bond donors (Lipinski definition) is 1. The standard InChI is InChI=1S/C10H12N4/c1-14(2)10-9(11-13-12-10)8-6-4-3-5-7-8/h3-7H,1-2H3,(H,11,12,13). The van der Waals surface area contributed by atoms with Crippen LogP contribution in [-0.2, 0) is 0 Å². The van der Waals surface area contributed by atoms with Gasteiger partial charge in [-0.05, 0) is 0 Å². The Hall–Kier alpha value is -1.84. The third-order valence-corrected chi connectivity index (χ3v) is 2.00. The summed E-state index contributed by atoms with van der Waals surface area (Å²) in [6.45, 7) is 0. The molecule has 1 aromatic heterocycles. The Morgan fingerprint density at radius 3 is 2.43 bits per heavy atom. The van der Waals surface area contributed by atoms with Crippen molar-refractivity contribution in [1.29, 1.82) is 0 Å². The van der Waals surface area contributed by atoms with Crippen LogP contribution in [0.5, 0.6) is 0 Å². The zero-order chi connectivity index (χ0) is 9.97. The summed E-state index contributed by atoms with van der Waals surface area (Å²) in [6.07, 6.45) is 0. The van der Waals surface area contributed by atoms with E-state index in [1.807, 2.05) is 49.3 Å². The molecule has 0 aliphatic rings. The lowest BCUT2D eigenvalue weighted by Crippen LogP contribution is -2.10. The Labute approximate surface area is 82.6 Å². The zero-order valence-corrected chi connectivity index (χ0v) is 8.23. The maximum Gasteiger partial charge on any atom is 0.178 e. The van der Waals surface area contributed by atoms with Gasteiger partial charge in [-0.3, -0.25) is 0 Å². The second-order valence-electron chi connectivity index (χ2n) is 3.26. The van der Waals surface area contributed by atoms with Crippen LogP contribution < -0.4 is 4.90 Å². The Balaban J connectivity index is 2.47. The molecular weight excluding hydrogens is 176 g/mol. The summed E-state index contributed by atoms with van der Waals surface area (Å²) >= 11 is 0.